The molecular weight excluding hydrogens is 200 g/mol. The molecular formula is C12H16N4. The summed E-state index contributed by atoms with van der Waals surface area (Å²) in [4.78, 5) is 4.08. The minimum Gasteiger partial charge on any atom is -0.369 e. The zero-order valence-electron chi connectivity index (χ0n) is 9.57. The Balaban J connectivity index is 2.83. The Morgan fingerprint density at radius 2 is 2.31 bits per heavy atom. The van der Waals surface area contributed by atoms with Gasteiger partial charge in [-0.1, -0.05) is 26.0 Å². The van der Waals surface area contributed by atoms with Gasteiger partial charge in [-0.3, -0.25) is 5.32 Å². The lowest BCUT2D eigenvalue weighted by atomic mass is 10.0. The largest absolute Gasteiger partial charge is 0.369 e. The van der Waals surface area contributed by atoms with Crippen molar-refractivity contribution in [3.05, 3.63) is 29.8 Å². The fraction of sp³-hybridized carbons (Fsp3) is 0.333. The molecule has 4 nitrogen and oxygen atoms in total. The summed E-state index contributed by atoms with van der Waals surface area (Å²) in [5, 5.41) is 10.7. The van der Waals surface area contributed by atoms with Gasteiger partial charge in [0.2, 0.25) is 5.96 Å². The molecule has 0 aliphatic heterocycles. The first-order valence-corrected chi connectivity index (χ1v) is 5.20. The predicted octanol–water partition coefficient (Wildman–Crippen LogP) is 1.90. The van der Waals surface area contributed by atoms with Gasteiger partial charge in [0.15, 0.2) is 6.19 Å². The van der Waals surface area contributed by atoms with Crippen molar-refractivity contribution >= 4 is 11.6 Å². The van der Waals surface area contributed by atoms with Gasteiger partial charge in [0.25, 0.3) is 0 Å². The van der Waals surface area contributed by atoms with E-state index in [1.807, 2.05) is 18.2 Å². The molecule has 0 fully saturated rings. The summed E-state index contributed by atoms with van der Waals surface area (Å²) in [5.74, 6) is 0.720. The standard InChI is InChI=1S/C12H16N4/c1-9(2)6-10-4-3-5-11(7-10)16-12(14)15-8-13/h3-5,7,9H,6H2,1-2H3,(H3,14,15,16). The molecule has 0 spiro atoms. The van der Waals surface area contributed by atoms with Gasteiger partial charge in [0, 0.05) is 0 Å². The van der Waals surface area contributed by atoms with E-state index in [4.69, 9.17) is 11.0 Å². The second-order valence-corrected chi connectivity index (χ2v) is 4.00. The first-order valence-electron chi connectivity index (χ1n) is 5.20. The highest BCUT2D eigenvalue weighted by atomic mass is 15.1. The highest BCUT2D eigenvalue weighted by Crippen LogP contribution is 2.16. The van der Waals surface area contributed by atoms with Crippen LogP contribution in [0.3, 0.4) is 0 Å². The summed E-state index contributed by atoms with van der Waals surface area (Å²) in [6.07, 6.45) is 2.74. The van der Waals surface area contributed by atoms with Crippen LogP contribution in [0.25, 0.3) is 0 Å². The van der Waals surface area contributed by atoms with Crippen LogP contribution in [0.4, 0.5) is 5.69 Å². The molecule has 0 aliphatic carbocycles. The number of nitrogens with one attached hydrogen (secondary N) is 1. The number of aliphatic imine (C=N–C) groups is 1. The lowest BCUT2D eigenvalue weighted by molar-refractivity contribution is 0.647. The maximum Gasteiger partial charge on any atom is 0.207 e. The number of nitriles is 1. The number of nitrogens with two attached hydrogens (primary N) is 1. The Morgan fingerprint density at radius 1 is 1.56 bits per heavy atom. The van der Waals surface area contributed by atoms with Crippen LogP contribution in [0.2, 0.25) is 0 Å². The molecule has 1 aromatic rings. The first kappa shape index (κ1) is 12.1. The molecule has 0 aromatic heterocycles. The third-order valence-corrected chi connectivity index (χ3v) is 1.99. The van der Waals surface area contributed by atoms with Gasteiger partial charge in [-0.25, -0.2) is 4.99 Å². The Morgan fingerprint density at radius 3 is 2.94 bits per heavy atom. The highest BCUT2D eigenvalue weighted by molar-refractivity contribution is 5.82. The van der Waals surface area contributed by atoms with E-state index in [2.05, 4.69) is 30.2 Å². The average molecular weight is 216 g/mol. The maximum absolute atomic E-state index is 8.37. The molecule has 84 valence electrons. The lowest BCUT2D eigenvalue weighted by Crippen LogP contribution is -2.26. The van der Waals surface area contributed by atoms with Crippen molar-refractivity contribution in [1.82, 2.24) is 5.32 Å². The Hall–Kier alpha value is -2.02. The van der Waals surface area contributed by atoms with E-state index in [1.165, 1.54) is 5.56 Å². The number of rotatable bonds is 3. The topological polar surface area (TPSA) is 74.2 Å². The third kappa shape index (κ3) is 4.01. The Kier molecular flexibility index (Phi) is 4.34. The van der Waals surface area contributed by atoms with Crippen LogP contribution in [0, 0.1) is 17.4 Å². The molecule has 0 atom stereocenters. The van der Waals surface area contributed by atoms with Gasteiger partial charge in [0.05, 0.1) is 5.69 Å². The molecule has 0 radical (unpaired) electrons. The Labute approximate surface area is 95.8 Å². The molecule has 4 heteroatoms. The van der Waals surface area contributed by atoms with E-state index >= 15 is 0 Å². The van der Waals surface area contributed by atoms with Gasteiger partial charge in [0.1, 0.15) is 0 Å². The van der Waals surface area contributed by atoms with Crippen molar-refractivity contribution in [1.29, 1.82) is 5.26 Å². The molecule has 0 aliphatic rings. The molecule has 0 heterocycles. The SMILES string of the molecule is CC(C)Cc1cccc(N=C(N)NC#N)c1. The minimum absolute atomic E-state index is 0.115. The van der Waals surface area contributed by atoms with E-state index in [0.29, 0.717) is 5.92 Å². The minimum atomic E-state index is 0.115. The highest BCUT2D eigenvalue weighted by Gasteiger charge is 1.99. The van der Waals surface area contributed by atoms with E-state index in [0.717, 1.165) is 12.1 Å². The summed E-state index contributed by atoms with van der Waals surface area (Å²) in [5.41, 5.74) is 7.47. The van der Waals surface area contributed by atoms with Crippen molar-refractivity contribution in [3.8, 4) is 6.19 Å². The molecule has 0 saturated heterocycles. The summed E-state index contributed by atoms with van der Waals surface area (Å²) in [7, 11) is 0. The van der Waals surface area contributed by atoms with E-state index in [1.54, 1.807) is 6.19 Å². The molecule has 0 amide bonds. The van der Waals surface area contributed by atoms with Crippen LogP contribution in [-0.2, 0) is 6.42 Å². The first-order chi connectivity index (χ1) is 7.61. The van der Waals surface area contributed by atoms with Crippen LogP contribution >= 0.6 is 0 Å². The molecule has 1 rings (SSSR count). The summed E-state index contributed by atoms with van der Waals surface area (Å²) in [6.45, 7) is 4.34. The number of benzene rings is 1. The normalized spacial score (nSPS) is 11.2. The second-order valence-electron chi connectivity index (χ2n) is 4.00. The lowest BCUT2D eigenvalue weighted by Gasteiger charge is -2.05. The third-order valence-electron chi connectivity index (χ3n) is 1.99. The van der Waals surface area contributed by atoms with Gasteiger partial charge < -0.3 is 5.73 Å². The number of guanidine groups is 1. The zero-order valence-corrected chi connectivity index (χ0v) is 9.57. The summed E-state index contributed by atoms with van der Waals surface area (Å²) >= 11 is 0. The summed E-state index contributed by atoms with van der Waals surface area (Å²) in [6, 6.07) is 7.84. The second kappa shape index (κ2) is 5.76. The Bertz CT molecular complexity index is 415. The van der Waals surface area contributed by atoms with Gasteiger partial charge in [-0.05, 0) is 30.0 Å². The van der Waals surface area contributed by atoms with Crippen LogP contribution in [0.5, 0.6) is 0 Å². The zero-order chi connectivity index (χ0) is 12.0. The number of hydrogen-bond donors (Lipinski definition) is 2. The van der Waals surface area contributed by atoms with Crippen LogP contribution in [-0.4, -0.2) is 5.96 Å². The average Bonchev–Trinajstić information content (AvgIpc) is 2.17. The monoisotopic (exact) mass is 216 g/mol. The van der Waals surface area contributed by atoms with Crippen molar-refractivity contribution < 1.29 is 0 Å². The van der Waals surface area contributed by atoms with Crippen LogP contribution in [0.15, 0.2) is 29.3 Å². The molecule has 3 N–H and O–H groups in total. The molecule has 0 unspecified atom stereocenters. The maximum atomic E-state index is 8.37. The van der Waals surface area contributed by atoms with E-state index in [-0.39, 0.29) is 5.96 Å². The van der Waals surface area contributed by atoms with Gasteiger partial charge >= 0.3 is 0 Å². The molecule has 16 heavy (non-hydrogen) atoms. The van der Waals surface area contributed by atoms with Crippen LogP contribution < -0.4 is 11.1 Å². The van der Waals surface area contributed by atoms with E-state index < -0.39 is 0 Å². The van der Waals surface area contributed by atoms with Gasteiger partial charge in [-0.2, -0.15) is 5.26 Å². The quantitative estimate of drug-likeness (QED) is 0.351. The fourth-order valence-electron chi connectivity index (χ4n) is 1.45. The van der Waals surface area contributed by atoms with Crippen LogP contribution in [0.1, 0.15) is 19.4 Å². The molecule has 0 bridgehead atoms. The predicted molar refractivity (Wildman–Crippen MR) is 65.0 cm³/mol. The van der Waals surface area contributed by atoms with Crippen molar-refractivity contribution in [2.45, 2.75) is 20.3 Å². The molecule has 0 saturated carbocycles. The number of nitrogens with zero attached hydrogens (tertiary/aromatic N) is 2. The van der Waals surface area contributed by atoms with E-state index in [9.17, 15) is 0 Å². The van der Waals surface area contributed by atoms with Crippen molar-refractivity contribution in [2.75, 3.05) is 0 Å². The smallest absolute Gasteiger partial charge is 0.207 e. The fourth-order valence-corrected chi connectivity index (χ4v) is 1.45. The molecule has 1 aromatic carbocycles. The van der Waals surface area contributed by atoms with Crippen molar-refractivity contribution in [2.24, 2.45) is 16.6 Å². The van der Waals surface area contributed by atoms with Gasteiger partial charge in [-0.15, -0.1) is 0 Å². The van der Waals surface area contributed by atoms with Crippen molar-refractivity contribution in [3.63, 3.8) is 0 Å². The summed E-state index contributed by atoms with van der Waals surface area (Å²) < 4.78 is 0. The number of hydrogen-bond acceptors (Lipinski definition) is 2.